The second-order valence-corrected chi connectivity index (χ2v) is 6.24. The minimum Gasteiger partial charge on any atom is -0.356 e. The first-order valence-corrected chi connectivity index (χ1v) is 8.21. The summed E-state index contributed by atoms with van der Waals surface area (Å²) in [4.78, 5) is 11.3. The molecule has 1 aliphatic rings. The maximum Gasteiger partial charge on any atom is 0.136 e. The lowest BCUT2D eigenvalue weighted by molar-refractivity contribution is 0.572. The number of nitrogens with one attached hydrogen (secondary N) is 1. The van der Waals surface area contributed by atoms with Crippen LogP contribution in [0, 0.1) is 6.92 Å². The van der Waals surface area contributed by atoms with Crippen molar-refractivity contribution in [2.75, 3.05) is 23.3 Å². The summed E-state index contributed by atoms with van der Waals surface area (Å²) in [5.74, 6) is 2.40. The van der Waals surface area contributed by atoms with E-state index in [0.29, 0.717) is 21.6 Å². The van der Waals surface area contributed by atoms with Crippen LogP contribution in [0.2, 0.25) is 10.0 Å². The Morgan fingerprint density at radius 3 is 2.41 bits per heavy atom. The van der Waals surface area contributed by atoms with Crippen molar-refractivity contribution in [1.82, 2.24) is 9.97 Å². The molecule has 1 N–H and O–H groups in total. The van der Waals surface area contributed by atoms with Gasteiger partial charge >= 0.3 is 0 Å². The van der Waals surface area contributed by atoms with Crippen molar-refractivity contribution in [3.05, 3.63) is 40.1 Å². The number of anilines is 3. The SMILES string of the molecule is Cc1nc(Nc2c(Cl)cccc2Cl)cc(N2CCCCC2)n1. The molecule has 1 aliphatic heterocycles. The number of para-hydroxylation sites is 1. The molecular weight excluding hydrogens is 319 g/mol. The van der Waals surface area contributed by atoms with Gasteiger partial charge in [-0.15, -0.1) is 0 Å². The predicted octanol–water partition coefficient (Wildman–Crippen LogP) is 4.83. The van der Waals surface area contributed by atoms with E-state index in [1.54, 1.807) is 12.1 Å². The number of aryl methyl sites for hydroxylation is 1. The number of nitrogens with zero attached hydrogens (tertiary/aromatic N) is 3. The van der Waals surface area contributed by atoms with Crippen molar-refractivity contribution in [3.8, 4) is 0 Å². The molecule has 2 heterocycles. The van der Waals surface area contributed by atoms with Crippen LogP contribution in [-0.2, 0) is 0 Å². The zero-order valence-electron chi connectivity index (χ0n) is 12.4. The maximum atomic E-state index is 6.21. The summed E-state index contributed by atoms with van der Waals surface area (Å²) < 4.78 is 0. The van der Waals surface area contributed by atoms with E-state index < -0.39 is 0 Å². The van der Waals surface area contributed by atoms with E-state index in [1.165, 1.54) is 19.3 Å². The molecule has 0 bridgehead atoms. The van der Waals surface area contributed by atoms with Crippen molar-refractivity contribution < 1.29 is 0 Å². The van der Waals surface area contributed by atoms with Gasteiger partial charge in [0.05, 0.1) is 15.7 Å². The van der Waals surface area contributed by atoms with Crippen LogP contribution in [0.1, 0.15) is 25.1 Å². The van der Waals surface area contributed by atoms with E-state index in [4.69, 9.17) is 23.2 Å². The summed E-state index contributed by atoms with van der Waals surface area (Å²) in [6, 6.07) is 7.38. The maximum absolute atomic E-state index is 6.21. The number of rotatable bonds is 3. The van der Waals surface area contributed by atoms with Gasteiger partial charge in [-0.25, -0.2) is 9.97 Å². The smallest absolute Gasteiger partial charge is 0.136 e. The zero-order chi connectivity index (χ0) is 15.5. The van der Waals surface area contributed by atoms with Gasteiger partial charge in [0.2, 0.25) is 0 Å². The number of aromatic nitrogens is 2. The van der Waals surface area contributed by atoms with E-state index >= 15 is 0 Å². The molecule has 0 spiro atoms. The Balaban J connectivity index is 1.89. The Morgan fingerprint density at radius 1 is 1.05 bits per heavy atom. The van der Waals surface area contributed by atoms with Gasteiger partial charge in [0.1, 0.15) is 17.5 Å². The first kappa shape index (κ1) is 15.4. The molecule has 0 amide bonds. The molecule has 4 nitrogen and oxygen atoms in total. The lowest BCUT2D eigenvalue weighted by Crippen LogP contribution is -2.30. The van der Waals surface area contributed by atoms with Crippen LogP contribution in [0.4, 0.5) is 17.3 Å². The second kappa shape index (κ2) is 6.71. The Morgan fingerprint density at radius 2 is 1.73 bits per heavy atom. The average Bonchev–Trinajstić information content (AvgIpc) is 2.51. The van der Waals surface area contributed by atoms with Gasteiger partial charge in [-0.05, 0) is 38.3 Å². The third-order valence-electron chi connectivity index (χ3n) is 3.72. The fraction of sp³-hybridized carbons (Fsp3) is 0.375. The number of hydrogen-bond donors (Lipinski definition) is 1. The average molecular weight is 337 g/mol. The highest BCUT2D eigenvalue weighted by molar-refractivity contribution is 6.39. The molecule has 0 atom stereocenters. The fourth-order valence-electron chi connectivity index (χ4n) is 2.65. The molecule has 2 aromatic rings. The molecule has 1 saturated heterocycles. The Kier molecular flexibility index (Phi) is 4.69. The number of halogens is 2. The summed E-state index contributed by atoms with van der Waals surface area (Å²) in [6.45, 7) is 3.98. The van der Waals surface area contributed by atoms with Gasteiger partial charge in [0, 0.05) is 19.2 Å². The largest absolute Gasteiger partial charge is 0.356 e. The first-order chi connectivity index (χ1) is 10.6. The van der Waals surface area contributed by atoms with E-state index in [-0.39, 0.29) is 0 Å². The van der Waals surface area contributed by atoms with Crippen molar-refractivity contribution >= 4 is 40.5 Å². The normalized spacial score (nSPS) is 15.0. The second-order valence-electron chi connectivity index (χ2n) is 5.43. The van der Waals surface area contributed by atoms with Gasteiger partial charge in [-0.2, -0.15) is 0 Å². The third-order valence-corrected chi connectivity index (χ3v) is 4.35. The summed E-state index contributed by atoms with van der Waals surface area (Å²) >= 11 is 12.4. The summed E-state index contributed by atoms with van der Waals surface area (Å²) in [7, 11) is 0. The van der Waals surface area contributed by atoms with Crippen LogP contribution in [0.25, 0.3) is 0 Å². The van der Waals surface area contributed by atoms with E-state index in [9.17, 15) is 0 Å². The first-order valence-electron chi connectivity index (χ1n) is 7.45. The molecule has 116 valence electrons. The minimum atomic E-state index is 0.572. The van der Waals surface area contributed by atoms with Crippen LogP contribution in [0.3, 0.4) is 0 Å². The molecule has 22 heavy (non-hydrogen) atoms. The van der Waals surface area contributed by atoms with Gasteiger partial charge in [-0.3, -0.25) is 0 Å². The Hall–Kier alpha value is -1.52. The van der Waals surface area contributed by atoms with Gasteiger partial charge in [0.25, 0.3) is 0 Å². The molecule has 1 aromatic carbocycles. The summed E-state index contributed by atoms with van der Waals surface area (Å²) in [6.07, 6.45) is 3.71. The van der Waals surface area contributed by atoms with Gasteiger partial charge < -0.3 is 10.2 Å². The van der Waals surface area contributed by atoms with Crippen molar-refractivity contribution in [2.45, 2.75) is 26.2 Å². The lowest BCUT2D eigenvalue weighted by Gasteiger charge is -2.28. The summed E-state index contributed by atoms with van der Waals surface area (Å²) in [5, 5.41) is 4.36. The molecule has 1 fully saturated rings. The third kappa shape index (κ3) is 3.45. The number of benzene rings is 1. The van der Waals surface area contributed by atoms with Crippen LogP contribution in [0.5, 0.6) is 0 Å². The Bertz CT molecular complexity index is 649. The van der Waals surface area contributed by atoms with Crippen molar-refractivity contribution in [3.63, 3.8) is 0 Å². The highest BCUT2D eigenvalue weighted by atomic mass is 35.5. The molecule has 0 unspecified atom stereocenters. The van der Waals surface area contributed by atoms with Crippen LogP contribution in [-0.4, -0.2) is 23.1 Å². The lowest BCUT2D eigenvalue weighted by atomic mass is 10.1. The van der Waals surface area contributed by atoms with Gasteiger partial charge in [0.15, 0.2) is 0 Å². The van der Waals surface area contributed by atoms with E-state index in [1.807, 2.05) is 19.1 Å². The van der Waals surface area contributed by atoms with E-state index in [2.05, 4.69) is 20.2 Å². The standard InChI is InChI=1S/C16H18Cl2N4/c1-11-19-14(21-16-12(17)6-5-7-13(16)18)10-15(20-11)22-8-3-2-4-9-22/h5-7,10H,2-4,8-9H2,1H3,(H,19,20,21). The molecular formula is C16H18Cl2N4. The highest BCUT2D eigenvalue weighted by Crippen LogP contribution is 2.32. The monoisotopic (exact) mass is 336 g/mol. The fourth-order valence-corrected chi connectivity index (χ4v) is 3.14. The Labute approximate surface area is 140 Å². The number of hydrogen-bond acceptors (Lipinski definition) is 4. The highest BCUT2D eigenvalue weighted by Gasteiger charge is 2.14. The van der Waals surface area contributed by atoms with Crippen molar-refractivity contribution in [2.24, 2.45) is 0 Å². The zero-order valence-corrected chi connectivity index (χ0v) is 14.0. The van der Waals surface area contributed by atoms with Crippen LogP contribution < -0.4 is 10.2 Å². The molecule has 1 aromatic heterocycles. The topological polar surface area (TPSA) is 41.1 Å². The summed E-state index contributed by atoms with van der Waals surface area (Å²) in [5.41, 5.74) is 0.675. The van der Waals surface area contributed by atoms with E-state index in [0.717, 1.165) is 24.7 Å². The number of piperidine rings is 1. The quantitative estimate of drug-likeness (QED) is 0.871. The van der Waals surface area contributed by atoms with Gasteiger partial charge in [-0.1, -0.05) is 29.3 Å². The molecule has 3 rings (SSSR count). The molecule has 0 aliphatic carbocycles. The molecule has 6 heteroatoms. The van der Waals surface area contributed by atoms with Crippen LogP contribution >= 0.6 is 23.2 Å². The minimum absolute atomic E-state index is 0.572. The predicted molar refractivity (Wildman–Crippen MR) is 92.6 cm³/mol. The van der Waals surface area contributed by atoms with Crippen molar-refractivity contribution in [1.29, 1.82) is 0 Å². The molecule has 0 saturated carbocycles. The molecule has 0 radical (unpaired) electrons. The van der Waals surface area contributed by atoms with Crippen LogP contribution in [0.15, 0.2) is 24.3 Å².